The first-order chi connectivity index (χ1) is 19.0. The molecule has 6 nitrogen and oxygen atoms in total. The highest BCUT2D eigenvalue weighted by Crippen LogP contribution is 2.39. The fourth-order valence-electron chi connectivity index (χ4n) is 4.82. The van der Waals surface area contributed by atoms with Gasteiger partial charge in [0.2, 0.25) is 0 Å². The van der Waals surface area contributed by atoms with E-state index < -0.39 is 0 Å². The first-order valence-corrected chi connectivity index (χ1v) is 13.8. The van der Waals surface area contributed by atoms with Crippen molar-refractivity contribution in [3.63, 3.8) is 0 Å². The van der Waals surface area contributed by atoms with Crippen LogP contribution in [0.4, 0.5) is 0 Å². The maximum absolute atomic E-state index is 13.5. The lowest BCUT2D eigenvalue weighted by atomic mass is 10.0. The predicted octanol–water partition coefficient (Wildman–Crippen LogP) is 7.87. The average Bonchev–Trinajstić information content (AvgIpc) is 3.25. The number of hydrogen-bond donors (Lipinski definition) is 0. The number of benzene rings is 2. The molecular weight excluding hydrogens is 490 g/mol. The minimum atomic E-state index is -0.348. The fraction of sp³-hybridized carbons (Fsp3) is 0.364. The normalized spacial score (nSPS) is 14.4. The molecule has 0 atom stereocenters. The second kappa shape index (κ2) is 13.7. The van der Waals surface area contributed by atoms with Crippen molar-refractivity contribution in [2.45, 2.75) is 52.5 Å². The number of carbonyl (C=O) groups excluding carboxylic acids is 1. The quantitative estimate of drug-likeness (QED) is 0.129. The summed E-state index contributed by atoms with van der Waals surface area (Å²) in [6, 6.07) is 14.1. The first-order valence-electron chi connectivity index (χ1n) is 13.8. The van der Waals surface area contributed by atoms with E-state index >= 15 is 0 Å². The van der Waals surface area contributed by atoms with E-state index in [9.17, 15) is 4.79 Å². The molecule has 0 N–H and O–H groups in total. The Bertz CT molecular complexity index is 1360. The zero-order valence-corrected chi connectivity index (χ0v) is 23.3. The number of allylic oxidation sites excluding steroid dienone is 4. The Morgan fingerprint density at radius 2 is 1.79 bits per heavy atom. The Morgan fingerprint density at radius 3 is 2.51 bits per heavy atom. The largest absolute Gasteiger partial charge is 0.497 e. The summed E-state index contributed by atoms with van der Waals surface area (Å²) in [7, 11) is 1.60. The van der Waals surface area contributed by atoms with E-state index in [0.717, 1.165) is 71.2 Å². The summed E-state index contributed by atoms with van der Waals surface area (Å²) < 4.78 is 25.0. The van der Waals surface area contributed by atoms with E-state index in [4.69, 9.17) is 18.9 Å². The second-order valence-corrected chi connectivity index (χ2v) is 9.71. The molecule has 0 radical (unpaired) electrons. The number of ether oxygens (including phenoxy) is 4. The van der Waals surface area contributed by atoms with Gasteiger partial charge in [0.25, 0.3) is 0 Å². The van der Waals surface area contributed by atoms with Gasteiger partial charge in [-0.1, -0.05) is 36.4 Å². The lowest BCUT2D eigenvalue weighted by molar-refractivity contribution is 0.0516. The van der Waals surface area contributed by atoms with Crippen LogP contribution in [0.25, 0.3) is 22.0 Å². The standard InChI is InChI=1S/C33H39NO5/c1-5-37-33(35)32-31-26-15-12-16-27(21-26)38-19-10-6-7-11-20-39-28-17-18-30(29(31)22-28)34(32)23-24(2)13-8-9-14-25(3)36-4/h9,12-18,21-22H,3,5-8,10-11,19-20,23H2,1-2,4H3/b14-9-,24-13+. The molecule has 1 aliphatic heterocycles. The second-order valence-electron chi connectivity index (χ2n) is 9.71. The van der Waals surface area contributed by atoms with Crippen molar-refractivity contribution in [1.29, 1.82) is 0 Å². The van der Waals surface area contributed by atoms with Gasteiger partial charge in [0.1, 0.15) is 23.0 Å². The molecule has 206 valence electrons. The van der Waals surface area contributed by atoms with Crippen molar-refractivity contribution < 1.29 is 23.7 Å². The van der Waals surface area contributed by atoms with Gasteiger partial charge < -0.3 is 23.5 Å². The molecule has 0 saturated carbocycles. The summed E-state index contributed by atoms with van der Waals surface area (Å²) in [5.74, 6) is 1.86. The van der Waals surface area contributed by atoms with Crippen molar-refractivity contribution in [3.05, 3.63) is 84.3 Å². The number of methoxy groups -OCH3 is 1. The van der Waals surface area contributed by atoms with Crippen molar-refractivity contribution in [2.75, 3.05) is 26.9 Å². The van der Waals surface area contributed by atoms with Gasteiger partial charge in [-0.25, -0.2) is 4.79 Å². The SMILES string of the molecule is C=C(/C=C\C/C=C(\C)Cn1c(C(=O)OCC)c2c3cc(ccc31)OCCCCCCOc1cccc-2c1)OC. The van der Waals surface area contributed by atoms with Gasteiger partial charge in [0.15, 0.2) is 0 Å². The zero-order chi connectivity index (χ0) is 27.6. The smallest absolute Gasteiger partial charge is 0.355 e. The molecule has 3 aromatic rings. The molecule has 0 spiro atoms. The Hall–Kier alpha value is -3.93. The topological polar surface area (TPSA) is 58.9 Å². The summed E-state index contributed by atoms with van der Waals surface area (Å²) in [4.78, 5) is 13.5. The summed E-state index contributed by atoms with van der Waals surface area (Å²) in [5, 5.41) is 0.951. The Labute approximate surface area is 231 Å². The minimum absolute atomic E-state index is 0.292. The average molecular weight is 530 g/mol. The minimum Gasteiger partial charge on any atom is -0.497 e. The van der Waals surface area contributed by atoms with E-state index in [1.807, 2.05) is 55.5 Å². The van der Waals surface area contributed by atoms with E-state index in [0.29, 0.717) is 37.8 Å². The number of fused-ring (bicyclic) bond motifs is 4. The van der Waals surface area contributed by atoms with Crippen LogP contribution in [0.5, 0.6) is 11.5 Å². The Balaban J connectivity index is 1.85. The summed E-state index contributed by atoms with van der Waals surface area (Å²) in [6.07, 6.45) is 10.9. The number of aromatic nitrogens is 1. The third-order valence-electron chi connectivity index (χ3n) is 6.78. The lowest BCUT2D eigenvalue weighted by Crippen LogP contribution is -2.14. The molecular formula is C33H39NO5. The highest BCUT2D eigenvalue weighted by molar-refractivity contribution is 6.09. The summed E-state index contributed by atoms with van der Waals surface area (Å²) in [6.45, 7) is 9.88. The number of nitrogens with zero attached hydrogens (tertiary/aromatic N) is 1. The molecule has 0 fully saturated rings. The molecule has 2 aromatic carbocycles. The van der Waals surface area contributed by atoms with Crippen LogP contribution in [0.1, 0.15) is 56.4 Å². The highest BCUT2D eigenvalue weighted by atomic mass is 16.5. The summed E-state index contributed by atoms with van der Waals surface area (Å²) >= 11 is 0. The molecule has 1 aromatic heterocycles. The van der Waals surface area contributed by atoms with Gasteiger partial charge in [-0.15, -0.1) is 0 Å². The van der Waals surface area contributed by atoms with Crippen LogP contribution >= 0.6 is 0 Å². The predicted molar refractivity (Wildman–Crippen MR) is 156 cm³/mol. The fourth-order valence-corrected chi connectivity index (χ4v) is 4.82. The third-order valence-corrected chi connectivity index (χ3v) is 6.78. The van der Waals surface area contributed by atoms with Crippen LogP contribution in [-0.4, -0.2) is 37.5 Å². The van der Waals surface area contributed by atoms with E-state index in [1.54, 1.807) is 7.11 Å². The molecule has 1 aliphatic rings. The van der Waals surface area contributed by atoms with Crippen LogP contribution in [0.15, 0.2) is 78.6 Å². The Morgan fingerprint density at radius 1 is 1.05 bits per heavy atom. The van der Waals surface area contributed by atoms with Crippen molar-refractivity contribution in [1.82, 2.24) is 4.57 Å². The summed E-state index contributed by atoms with van der Waals surface area (Å²) in [5.41, 5.74) is 4.34. The van der Waals surface area contributed by atoms with Crippen LogP contribution in [0, 0.1) is 0 Å². The van der Waals surface area contributed by atoms with Crippen LogP contribution in [0.2, 0.25) is 0 Å². The lowest BCUT2D eigenvalue weighted by Gasteiger charge is -2.13. The molecule has 6 heteroatoms. The maximum atomic E-state index is 13.5. The van der Waals surface area contributed by atoms with Gasteiger partial charge in [0.05, 0.1) is 26.9 Å². The highest BCUT2D eigenvalue weighted by Gasteiger charge is 2.26. The van der Waals surface area contributed by atoms with E-state index in [2.05, 4.69) is 30.2 Å². The molecule has 2 heterocycles. The van der Waals surface area contributed by atoms with Gasteiger partial charge in [-0.05, 0) is 87.9 Å². The Kier molecular flexibility index (Phi) is 9.90. The van der Waals surface area contributed by atoms with Gasteiger partial charge in [-0.2, -0.15) is 0 Å². The number of rotatable bonds is 8. The van der Waals surface area contributed by atoms with Crippen LogP contribution in [-0.2, 0) is 16.0 Å². The van der Waals surface area contributed by atoms with Gasteiger partial charge in [0, 0.05) is 23.0 Å². The van der Waals surface area contributed by atoms with E-state index in [1.165, 1.54) is 0 Å². The molecule has 4 rings (SSSR count). The molecule has 0 unspecified atom stereocenters. The zero-order valence-electron chi connectivity index (χ0n) is 23.3. The molecule has 0 aliphatic carbocycles. The number of esters is 1. The van der Waals surface area contributed by atoms with Crippen LogP contribution in [0.3, 0.4) is 0 Å². The number of hydrogen-bond acceptors (Lipinski definition) is 5. The van der Waals surface area contributed by atoms with Crippen molar-refractivity contribution in [2.24, 2.45) is 0 Å². The molecule has 4 bridgehead atoms. The maximum Gasteiger partial charge on any atom is 0.355 e. The molecule has 0 saturated heterocycles. The van der Waals surface area contributed by atoms with Crippen molar-refractivity contribution in [3.8, 4) is 22.6 Å². The number of carbonyl (C=O) groups is 1. The van der Waals surface area contributed by atoms with E-state index in [-0.39, 0.29) is 5.97 Å². The van der Waals surface area contributed by atoms with Gasteiger partial charge >= 0.3 is 5.97 Å². The third kappa shape index (κ3) is 7.14. The molecule has 0 amide bonds. The monoisotopic (exact) mass is 529 g/mol. The first kappa shape index (κ1) is 28.1. The van der Waals surface area contributed by atoms with Gasteiger partial charge in [-0.3, -0.25) is 0 Å². The molecule has 39 heavy (non-hydrogen) atoms. The van der Waals surface area contributed by atoms with Crippen molar-refractivity contribution >= 4 is 16.9 Å². The van der Waals surface area contributed by atoms with Crippen LogP contribution < -0.4 is 9.47 Å².